The quantitative estimate of drug-likeness (QED) is 0.537. The van der Waals surface area contributed by atoms with Gasteiger partial charge < -0.3 is 16.4 Å². The zero-order valence-electron chi connectivity index (χ0n) is 18.6. The van der Waals surface area contributed by atoms with E-state index in [9.17, 15) is 0 Å². The number of hydrogen-bond donors (Lipinski definition) is 3. The lowest BCUT2D eigenvalue weighted by Gasteiger charge is -2.29. The second-order valence-corrected chi connectivity index (χ2v) is 8.76. The molecule has 31 heavy (non-hydrogen) atoms. The first kappa shape index (κ1) is 21.5. The van der Waals surface area contributed by atoms with Crippen LogP contribution in [-0.4, -0.2) is 44.6 Å². The number of allylic oxidation sites excluding steroid dienone is 1. The predicted octanol–water partition coefficient (Wildman–Crippen LogP) is 2.89. The van der Waals surface area contributed by atoms with E-state index < -0.39 is 0 Å². The Kier molecular flexibility index (Phi) is 6.96. The fraction of sp³-hybridized carbons (Fsp3) is 0.565. The van der Waals surface area contributed by atoms with Crippen molar-refractivity contribution in [3.8, 4) is 0 Å². The fourth-order valence-corrected chi connectivity index (χ4v) is 4.27. The third kappa shape index (κ3) is 5.91. The highest BCUT2D eigenvalue weighted by molar-refractivity contribution is 6.23. The van der Waals surface area contributed by atoms with Gasteiger partial charge in [-0.3, -0.25) is 9.67 Å². The molecule has 8 heteroatoms. The average molecular weight is 423 g/mol. The smallest absolute Gasteiger partial charge is 0.223 e. The summed E-state index contributed by atoms with van der Waals surface area (Å²) in [4.78, 5) is 13.7. The van der Waals surface area contributed by atoms with Crippen LogP contribution in [0.3, 0.4) is 0 Å². The number of nitrogens with zero attached hydrogens (tertiary/aromatic N) is 5. The Bertz CT molecular complexity index is 919. The van der Waals surface area contributed by atoms with Crippen LogP contribution in [0.15, 0.2) is 35.8 Å². The van der Waals surface area contributed by atoms with E-state index in [1.807, 2.05) is 31.0 Å². The molecule has 166 valence electrons. The molecule has 0 saturated heterocycles. The fourth-order valence-electron chi connectivity index (χ4n) is 4.27. The van der Waals surface area contributed by atoms with E-state index in [0.29, 0.717) is 18.0 Å². The minimum absolute atomic E-state index is 0.391. The van der Waals surface area contributed by atoms with Crippen molar-refractivity contribution >= 4 is 17.2 Å². The monoisotopic (exact) mass is 422 g/mol. The molecule has 4 N–H and O–H groups in total. The van der Waals surface area contributed by atoms with Crippen LogP contribution in [0.1, 0.15) is 56.2 Å². The van der Waals surface area contributed by atoms with Gasteiger partial charge in [0.05, 0.1) is 11.9 Å². The summed E-state index contributed by atoms with van der Waals surface area (Å²) in [7, 11) is 3.79. The Morgan fingerprint density at radius 1 is 1.23 bits per heavy atom. The van der Waals surface area contributed by atoms with Crippen molar-refractivity contribution in [3.63, 3.8) is 0 Å². The van der Waals surface area contributed by atoms with Crippen LogP contribution in [-0.2, 0) is 13.6 Å². The summed E-state index contributed by atoms with van der Waals surface area (Å²) in [6, 6.07) is 2.85. The van der Waals surface area contributed by atoms with Gasteiger partial charge in [0.15, 0.2) is 0 Å². The first-order valence-corrected chi connectivity index (χ1v) is 11.3. The summed E-state index contributed by atoms with van der Waals surface area (Å²) in [5.74, 6) is 1.42. The maximum Gasteiger partial charge on any atom is 0.223 e. The molecule has 2 saturated carbocycles. The zero-order chi connectivity index (χ0) is 21.6. The lowest BCUT2D eigenvalue weighted by atomic mass is 9.91. The number of aliphatic imine (C=N–C) groups is 1. The molecule has 2 fully saturated rings. The number of anilines is 1. The number of nitrogens with one attached hydrogen (secondary N) is 2. The Morgan fingerprint density at radius 2 is 2.00 bits per heavy atom. The Hall–Kier alpha value is -2.74. The Balaban J connectivity index is 1.30. The standard InChI is InChI=1S/C23H34N8/c1-25-22(11-16-3-4-16)20(12-24)21-9-10-26-23(30-21)29-19-7-5-18(6-8-19)27-13-17-14-28-31(2)15-17/h9-10,12,14-16,18-19,27H,3-8,11,13,24H2,1-2H3,(H,26,29,30). The highest BCUT2D eigenvalue weighted by atomic mass is 15.2. The van der Waals surface area contributed by atoms with Crippen LogP contribution >= 0.6 is 0 Å². The van der Waals surface area contributed by atoms with Crippen LogP contribution in [0.2, 0.25) is 0 Å². The molecule has 0 unspecified atom stereocenters. The number of aromatic nitrogens is 4. The molecule has 0 spiro atoms. The minimum atomic E-state index is 0.391. The van der Waals surface area contributed by atoms with Gasteiger partial charge in [-0.2, -0.15) is 5.10 Å². The van der Waals surface area contributed by atoms with E-state index in [2.05, 4.69) is 31.9 Å². The van der Waals surface area contributed by atoms with Gasteiger partial charge in [-0.1, -0.05) is 0 Å². The molecule has 2 heterocycles. The van der Waals surface area contributed by atoms with Crippen molar-refractivity contribution in [2.75, 3.05) is 12.4 Å². The summed E-state index contributed by atoms with van der Waals surface area (Å²) in [6.45, 7) is 0.873. The molecule has 2 aliphatic carbocycles. The van der Waals surface area contributed by atoms with Crippen LogP contribution in [0.5, 0.6) is 0 Å². The minimum Gasteiger partial charge on any atom is -0.404 e. The van der Waals surface area contributed by atoms with Crippen molar-refractivity contribution in [1.82, 2.24) is 25.1 Å². The summed E-state index contributed by atoms with van der Waals surface area (Å²) >= 11 is 0. The van der Waals surface area contributed by atoms with E-state index >= 15 is 0 Å². The van der Waals surface area contributed by atoms with E-state index in [1.165, 1.54) is 18.4 Å². The summed E-state index contributed by atoms with van der Waals surface area (Å²) in [6.07, 6.45) is 15.4. The number of hydrogen-bond acceptors (Lipinski definition) is 7. The maximum atomic E-state index is 5.96. The molecular formula is C23H34N8. The number of aryl methyl sites for hydroxylation is 1. The van der Waals surface area contributed by atoms with E-state index in [1.54, 1.807) is 12.4 Å². The van der Waals surface area contributed by atoms with Crippen molar-refractivity contribution in [2.24, 2.45) is 23.7 Å². The van der Waals surface area contributed by atoms with Crippen LogP contribution in [0.4, 0.5) is 5.95 Å². The zero-order valence-corrected chi connectivity index (χ0v) is 18.6. The third-order valence-electron chi connectivity index (χ3n) is 6.27. The number of nitrogens with two attached hydrogens (primary N) is 1. The molecule has 0 aromatic carbocycles. The number of rotatable bonds is 9. The second kappa shape index (κ2) is 10.0. The van der Waals surface area contributed by atoms with Gasteiger partial charge in [0.25, 0.3) is 0 Å². The van der Waals surface area contributed by atoms with Gasteiger partial charge in [-0.25, -0.2) is 9.97 Å². The largest absolute Gasteiger partial charge is 0.404 e. The molecule has 0 aliphatic heterocycles. The normalized spacial score (nSPS) is 22.5. The van der Waals surface area contributed by atoms with Gasteiger partial charge in [0, 0.05) is 68.2 Å². The molecule has 0 amide bonds. The first-order valence-electron chi connectivity index (χ1n) is 11.3. The van der Waals surface area contributed by atoms with Crippen molar-refractivity contribution in [1.29, 1.82) is 0 Å². The molecule has 0 atom stereocenters. The van der Waals surface area contributed by atoms with Crippen molar-refractivity contribution in [2.45, 2.75) is 63.6 Å². The Morgan fingerprint density at radius 3 is 2.65 bits per heavy atom. The van der Waals surface area contributed by atoms with E-state index in [4.69, 9.17) is 10.7 Å². The maximum absolute atomic E-state index is 5.96. The SMILES string of the molecule is CN=C(CC1CC1)C(=CN)c1ccnc(NC2CCC(NCc3cnn(C)c3)CC2)n1. The molecule has 2 aromatic rings. The van der Waals surface area contributed by atoms with Crippen molar-refractivity contribution < 1.29 is 0 Å². The van der Waals surface area contributed by atoms with Gasteiger partial charge in [-0.15, -0.1) is 0 Å². The first-order chi connectivity index (χ1) is 15.1. The van der Waals surface area contributed by atoms with E-state index in [0.717, 1.165) is 61.5 Å². The van der Waals surface area contributed by atoms with Gasteiger partial charge in [0.1, 0.15) is 0 Å². The van der Waals surface area contributed by atoms with Gasteiger partial charge in [-0.05, 0) is 56.9 Å². The molecular weight excluding hydrogens is 388 g/mol. The van der Waals surface area contributed by atoms with Gasteiger partial charge >= 0.3 is 0 Å². The second-order valence-electron chi connectivity index (χ2n) is 8.76. The van der Waals surface area contributed by atoms with Gasteiger partial charge in [0.2, 0.25) is 5.95 Å². The summed E-state index contributed by atoms with van der Waals surface area (Å²) in [5.41, 5.74) is 9.99. The molecule has 0 radical (unpaired) electrons. The molecule has 4 rings (SSSR count). The lowest BCUT2D eigenvalue weighted by molar-refractivity contribution is 0.352. The van der Waals surface area contributed by atoms with Crippen LogP contribution < -0.4 is 16.4 Å². The van der Waals surface area contributed by atoms with Crippen molar-refractivity contribution in [3.05, 3.63) is 42.1 Å². The summed E-state index contributed by atoms with van der Waals surface area (Å²) < 4.78 is 1.85. The molecule has 0 bridgehead atoms. The molecule has 8 nitrogen and oxygen atoms in total. The Labute approximate surface area is 184 Å². The highest BCUT2D eigenvalue weighted by Gasteiger charge is 2.26. The topological polar surface area (TPSA) is 106 Å². The highest BCUT2D eigenvalue weighted by Crippen LogP contribution is 2.35. The average Bonchev–Trinajstić information content (AvgIpc) is 3.51. The molecule has 2 aromatic heterocycles. The van der Waals surface area contributed by atoms with E-state index in [-0.39, 0.29) is 0 Å². The summed E-state index contributed by atoms with van der Waals surface area (Å²) in [5, 5.41) is 11.4. The third-order valence-corrected chi connectivity index (χ3v) is 6.27. The predicted molar refractivity (Wildman–Crippen MR) is 125 cm³/mol. The lowest BCUT2D eigenvalue weighted by Crippen LogP contribution is -2.36. The van der Waals surface area contributed by atoms with Crippen LogP contribution in [0.25, 0.3) is 5.57 Å². The molecule has 2 aliphatic rings. The van der Waals surface area contributed by atoms with Crippen LogP contribution in [0, 0.1) is 5.92 Å².